The smallest absolute Gasteiger partial charge is 0.0793 e. The Balaban J connectivity index is 1.34. The van der Waals surface area contributed by atoms with Crippen LogP contribution in [0.4, 0.5) is 0 Å². The fourth-order valence-electron chi connectivity index (χ4n) is 2.67. The van der Waals surface area contributed by atoms with Gasteiger partial charge in [-0.05, 0) is 41.3 Å². The molecule has 0 bridgehead atoms. The molecule has 108 valence electrons. The normalized spacial score (nSPS) is 16.6. The Labute approximate surface area is 123 Å². The van der Waals surface area contributed by atoms with Crippen LogP contribution in [0.3, 0.4) is 0 Å². The van der Waals surface area contributed by atoms with E-state index in [1.165, 1.54) is 15.6 Å². The van der Waals surface area contributed by atoms with Gasteiger partial charge in [0, 0.05) is 30.9 Å². The first-order valence-electron chi connectivity index (χ1n) is 7.26. The summed E-state index contributed by atoms with van der Waals surface area (Å²) in [5.41, 5.74) is 1.38. The van der Waals surface area contributed by atoms with Crippen LogP contribution < -0.4 is 0 Å². The lowest BCUT2D eigenvalue weighted by Crippen LogP contribution is -2.50. The van der Waals surface area contributed by atoms with Crippen LogP contribution in [0.25, 0.3) is 10.1 Å². The van der Waals surface area contributed by atoms with Crippen molar-refractivity contribution < 1.29 is 9.84 Å². The van der Waals surface area contributed by atoms with Crippen molar-refractivity contribution in [1.29, 1.82) is 0 Å². The molecule has 1 aromatic carbocycles. The van der Waals surface area contributed by atoms with E-state index >= 15 is 0 Å². The molecule has 0 atom stereocenters. The summed E-state index contributed by atoms with van der Waals surface area (Å²) in [6, 6.07) is 8.69. The second-order valence-electron chi connectivity index (χ2n) is 5.38. The van der Waals surface area contributed by atoms with Crippen molar-refractivity contribution in [2.24, 2.45) is 0 Å². The maximum atomic E-state index is 9.18. The second kappa shape index (κ2) is 6.68. The molecule has 4 heteroatoms. The number of rotatable bonds is 7. The molecular weight excluding hydrogens is 270 g/mol. The molecule has 0 radical (unpaired) electrons. The van der Waals surface area contributed by atoms with E-state index in [1.54, 1.807) is 11.3 Å². The van der Waals surface area contributed by atoms with Gasteiger partial charge < -0.3 is 9.84 Å². The molecule has 0 spiro atoms. The van der Waals surface area contributed by atoms with Gasteiger partial charge in [-0.3, -0.25) is 4.90 Å². The van der Waals surface area contributed by atoms with E-state index in [9.17, 15) is 5.11 Å². The Kier molecular flexibility index (Phi) is 4.68. The van der Waals surface area contributed by atoms with Crippen LogP contribution in [0.15, 0.2) is 29.6 Å². The molecule has 2 aromatic rings. The van der Waals surface area contributed by atoms with Gasteiger partial charge in [0.05, 0.1) is 12.7 Å². The molecule has 2 heterocycles. The number of β-amino-alcohol motifs (C(OH)–C–C–N with tert-alkyl or cyclic N) is 1. The monoisotopic (exact) mass is 291 g/mol. The number of benzene rings is 1. The number of fused-ring (bicyclic) bond motifs is 1. The number of nitrogens with zero attached hydrogens (tertiary/aromatic N) is 1. The van der Waals surface area contributed by atoms with Gasteiger partial charge in [0.2, 0.25) is 0 Å². The molecule has 0 unspecified atom stereocenters. The minimum atomic E-state index is -0.0954. The quantitative estimate of drug-likeness (QED) is 0.796. The summed E-state index contributed by atoms with van der Waals surface area (Å²) < 4.78 is 7.08. The van der Waals surface area contributed by atoms with Crippen molar-refractivity contribution in [2.45, 2.75) is 18.9 Å². The lowest BCUT2D eigenvalue weighted by atomic mass is 10.1. The second-order valence-corrected chi connectivity index (χ2v) is 6.33. The summed E-state index contributed by atoms with van der Waals surface area (Å²) in [6.45, 7) is 4.31. The summed E-state index contributed by atoms with van der Waals surface area (Å²) >= 11 is 1.79. The highest BCUT2D eigenvalue weighted by Gasteiger charge is 2.22. The number of aliphatic hydroxyl groups excluding tert-OH is 1. The minimum absolute atomic E-state index is 0.0954. The zero-order valence-corrected chi connectivity index (χ0v) is 12.4. The molecule has 1 aromatic heterocycles. The summed E-state index contributed by atoms with van der Waals surface area (Å²) in [5.74, 6) is 0. The Morgan fingerprint density at radius 1 is 1.25 bits per heavy atom. The zero-order chi connectivity index (χ0) is 13.8. The average Bonchev–Trinajstić information content (AvgIpc) is 2.89. The molecule has 1 aliphatic rings. The van der Waals surface area contributed by atoms with Gasteiger partial charge in [-0.15, -0.1) is 11.3 Å². The van der Waals surface area contributed by atoms with Crippen LogP contribution in [-0.4, -0.2) is 49.0 Å². The highest BCUT2D eigenvalue weighted by molar-refractivity contribution is 7.17. The molecule has 1 saturated heterocycles. The van der Waals surface area contributed by atoms with Crippen molar-refractivity contribution in [1.82, 2.24) is 4.90 Å². The van der Waals surface area contributed by atoms with Crippen LogP contribution in [0.2, 0.25) is 0 Å². The molecule has 0 amide bonds. The maximum absolute atomic E-state index is 9.18. The number of hydrogen-bond donors (Lipinski definition) is 1. The standard InChI is InChI=1S/C16H21NO2S/c18-14-11-17(12-14)7-2-8-19-9-5-13-3-1-4-16-15(13)6-10-20-16/h1,3-4,6,10,14,18H,2,5,7-9,11-12H2. The highest BCUT2D eigenvalue weighted by Crippen LogP contribution is 2.24. The third kappa shape index (κ3) is 3.38. The van der Waals surface area contributed by atoms with Crippen LogP contribution >= 0.6 is 11.3 Å². The van der Waals surface area contributed by atoms with Crippen LogP contribution in [-0.2, 0) is 11.2 Å². The molecule has 1 N–H and O–H groups in total. The predicted molar refractivity (Wildman–Crippen MR) is 83.4 cm³/mol. The van der Waals surface area contributed by atoms with Gasteiger partial charge in [-0.25, -0.2) is 0 Å². The lowest BCUT2D eigenvalue weighted by Gasteiger charge is -2.35. The van der Waals surface area contributed by atoms with E-state index in [0.717, 1.165) is 45.7 Å². The number of aliphatic hydroxyl groups is 1. The van der Waals surface area contributed by atoms with Crippen molar-refractivity contribution in [3.05, 3.63) is 35.2 Å². The summed E-state index contributed by atoms with van der Waals surface area (Å²) in [7, 11) is 0. The van der Waals surface area contributed by atoms with E-state index in [-0.39, 0.29) is 6.10 Å². The van der Waals surface area contributed by atoms with Crippen molar-refractivity contribution in [2.75, 3.05) is 32.8 Å². The summed E-state index contributed by atoms with van der Waals surface area (Å²) in [5, 5.41) is 12.7. The average molecular weight is 291 g/mol. The summed E-state index contributed by atoms with van der Waals surface area (Å²) in [4.78, 5) is 2.26. The third-order valence-electron chi connectivity index (χ3n) is 3.80. The van der Waals surface area contributed by atoms with Gasteiger partial charge in [-0.1, -0.05) is 12.1 Å². The molecule has 0 saturated carbocycles. The van der Waals surface area contributed by atoms with Crippen molar-refractivity contribution >= 4 is 21.4 Å². The lowest BCUT2D eigenvalue weighted by molar-refractivity contribution is -0.00304. The first kappa shape index (κ1) is 14.0. The number of likely N-dealkylation sites (tertiary alicyclic amines) is 1. The predicted octanol–water partition coefficient (Wildman–Crippen LogP) is 2.53. The first-order valence-corrected chi connectivity index (χ1v) is 8.14. The van der Waals surface area contributed by atoms with E-state index in [0.29, 0.717) is 0 Å². The number of ether oxygens (including phenoxy) is 1. The van der Waals surface area contributed by atoms with Crippen LogP contribution in [0, 0.1) is 0 Å². The SMILES string of the molecule is OC1CN(CCCOCCc2cccc3sccc23)C1. The topological polar surface area (TPSA) is 32.7 Å². The molecule has 3 rings (SSSR count). The fourth-order valence-corrected chi connectivity index (χ4v) is 3.51. The Morgan fingerprint density at radius 3 is 3.00 bits per heavy atom. The van der Waals surface area contributed by atoms with E-state index in [2.05, 4.69) is 34.5 Å². The van der Waals surface area contributed by atoms with Gasteiger partial charge in [0.25, 0.3) is 0 Å². The maximum Gasteiger partial charge on any atom is 0.0793 e. The molecule has 1 fully saturated rings. The molecule has 3 nitrogen and oxygen atoms in total. The van der Waals surface area contributed by atoms with Crippen LogP contribution in [0.5, 0.6) is 0 Å². The summed E-state index contributed by atoms with van der Waals surface area (Å²) in [6.07, 6.45) is 1.94. The Morgan fingerprint density at radius 2 is 2.15 bits per heavy atom. The Bertz CT molecular complexity index is 548. The number of thiophene rings is 1. The van der Waals surface area contributed by atoms with Crippen molar-refractivity contribution in [3.63, 3.8) is 0 Å². The van der Waals surface area contributed by atoms with Gasteiger partial charge in [-0.2, -0.15) is 0 Å². The minimum Gasteiger partial charge on any atom is -0.390 e. The van der Waals surface area contributed by atoms with E-state index < -0.39 is 0 Å². The zero-order valence-electron chi connectivity index (χ0n) is 11.6. The van der Waals surface area contributed by atoms with Gasteiger partial charge in [0.1, 0.15) is 0 Å². The molecular formula is C16H21NO2S. The fraction of sp³-hybridized carbons (Fsp3) is 0.500. The first-order chi connectivity index (χ1) is 9.83. The molecule has 20 heavy (non-hydrogen) atoms. The van der Waals surface area contributed by atoms with Crippen LogP contribution in [0.1, 0.15) is 12.0 Å². The molecule has 1 aliphatic heterocycles. The van der Waals surface area contributed by atoms with Gasteiger partial charge in [0.15, 0.2) is 0 Å². The van der Waals surface area contributed by atoms with E-state index in [4.69, 9.17) is 4.74 Å². The largest absolute Gasteiger partial charge is 0.390 e. The van der Waals surface area contributed by atoms with Gasteiger partial charge >= 0.3 is 0 Å². The van der Waals surface area contributed by atoms with E-state index in [1.807, 2.05) is 0 Å². The third-order valence-corrected chi connectivity index (χ3v) is 4.68. The number of hydrogen-bond acceptors (Lipinski definition) is 4. The molecule has 0 aliphatic carbocycles. The highest BCUT2D eigenvalue weighted by atomic mass is 32.1. The Hall–Kier alpha value is -0.940. The van der Waals surface area contributed by atoms with Crippen molar-refractivity contribution in [3.8, 4) is 0 Å².